The van der Waals surface area contributed by atoms with Crippen LogP contribution in [0.25, 0.3) is 0 Å². The molecule has 21 heavy (non-hydrogen) atoms. The van der Waals surface area contributed by atoms with Gasteiger partial charge in [0, 0.05) is 19.8 Å². The van der Waals surface area contributed by atoms with Crippen molar-refractivity contribution >= 4 is 44.9 Å². The van der Waals surface area contributed by atoms with E-state index in [1.165, 1.54) is 0 Å². The summed E-state index contributed by atoms with van der Waals surface area (Å²) in [6.45, 7) is 4.53. The van der Waals surface area contributed by atoms with Crippen molar-refractivity contribution in [2.24, 2.45) is 7.05 Å². The van der Waals surface area contributed by atoms with Gasteiger partial charge < -0.3 is 5.32 Å². The molecule has 2 N–H and O–H groups in total. The van der Waals surface area contributed by atoms with Gasteiger partial charge in [-0.25, -0.2) is 0 Å². The zero-order valence-electron chi connectivity index (χ0n) is 11.8. The van der Waals surface area contributed by atoms with Crippen molar-refractivity contribution < 1.29 is 4.79 Å². The number of nitrogens with one attached hydrogen (secondary N) is 2. The van der Waals surface area contributed by atoms with Gasteiger partial charge >= 0.3 is 0 Å². The predicted octanol–water partition coefficient (Wildman–Crippen LogP) is 1.83. The molecule has 2 heterocycles. The zero-order valence-corrected chi connectivity index (χ0v) is 14.2. The van der Waals surface area contributed by atoms with Crippen LogP contribution in [0.3, 0.4) is 0 Å². The van der Waals surface area contributed by atoms with E-state index in [1.807, 2.05) is 20.9 Å². The smallest absolute Gasteiger partial charge is 0.279 e. The predicted molar refractivity (Wildman–Crippen MR) is 87.2 cm³/mol. The van der Waals surface area contributed by atoms with Crippen LogP contribution >= 0.6 is 28.1 Å². The lowest BCUT2D eigenvalue weighted by Crippen LogP contribution is -2.34. The van der Waals surface area contributed by atoms with Gasteiger partial charge in [-0.3, -0.25) is 19.5 Å². The molecule has 0 aromatic carbocycles. The van der Waals surface area contributed by atoms with E-state index in [2.05, 4.69) is 36.8 Å². The molecule has 1 amide bonds. The second kappa shape index (κ2) is 6.35. The molecule has 0 fully saturated rings. The van der Waals surface area contributed by atoms with Gasteiger partial charge in [-0.15, -0.1) is 0 Å². The highest BCUT2D eigenvalue weighted by Crippen LogP contribution is 2.15. The van der Waals surface area contributed by atoms with Crippen LogP contribution in [0, 0.1) is 6.92 Å². The van der Waals surface area contributed by atoms with Crippen LogP contribution in [0.1, 0.15) is 23.1 Å². The number of carbonyl (C=O) groups is 1. The molecule has 2 aromatic heterocycles. The van der Waals surface area contributed by atoms with Crippen molar-refractivity contribution in [1.29, 1.82) is 0 Å². The maximum atomic E-state index is 12.1. The Morgan fingerprint density at radius 2 is 2.24 bits per heavy atom. The van der Waals surface area contributed by atoms with E-state index in [4.69, 9.17) is 12.2 Å². The molecule has 0 saturated heterocycles. The summed E-state index contributed by atoms with van der Waals surface area (Å²) >= 11 is 8.44. The summed E-state index contributed by atoms with van der Waals surface area (Å²) in [5.41, 5.74) is 1.97. The third-order valence-electron chi connectivity index (χ3n) is 2.97. The lowest BCUT2D eigenvalue weighted by atomic mass is 10.4. The monoisotopic (exact) mass is 370 g/mol. The first kappa shape index (κ1) is 15.6. The van der Waals surface area contributed by atoms with E-state index in [-0.39, 0.29) is 11.0 Å². The highest BCUT2D eigenvalue weighted by Gasteiger charge is 2.16. The number of rotatable bonds is 3. The summed E-state index contributed by atoms with van der Waals surface area (Å²) in [4.78, 5) is 12.1. The van der Waals surface area contributed by atoms with Gasteiger partial charge in [0.1, 0.15) is 0 Å². The average molecular weight is 371 g/mol. The second-order valence-electron chi connectivity index (χ2n) is 4.36. The number of halogens is 1. The van der Waals surface area contributed by atoms with Crippen molar-refractivity contribution in [3.63, 3.8) is 0 Å². The van der Waals surface area contributed by atoms with Gasteiger partial charge in [-0.2, -0.15) is 10.2 Å². The highest BCUT2D eigenvalue weighted by molar-refractivity contribution is 9.10. The molecule has 0 saturated carbocycles. The molecule has 7 nitrogen and oxygen atoms in total. The summed E-state index contributed by atoms with van der Waals surface area (Å²) in [6.07, 6.45) is 3.40. The Labute approximate surface area is 135 Å². The fourth-order valence-electron chi connectivity index (χ4n) is 1.65. The fourth-order valence-corrected chi connectivity index (χ4v) is 2.35. The molecule has 0 aliphatic heterocycles. The Morgan fingerprint density at radius 3 is 2.76 bits per heavy atom. The molecule has 0 radical (unpaired) electrons. The molecule has 112 valence electrons. The average Bonchev–Trinajstić information content (AvgIpc) is 2.96. The van der Waals surface area contributed by atoms with E-state index >= 15 is 0 Å². The van der Waals surface area contributed by atoms with E-state index in [1.54, 1.807) is 21.8 Å². The third-order valence-corrected chi connectivity index (χ3v) is 3.75. The van der Waals surface area contributed by atoms with E-state index in [0.29, 0.717) is 16.7 Å². The van der Waals surface area contributed by atoms with Crippen molar-refractivity contribution in [3.8, 4) is 0 Å². The number of carbonyl (C=O) groups excluding carboxylic acids is 1. The molecule has 0 unspecified atom stereocenters. The third kappa shape index (κ3) is 3.48. The molecular weight excluding hydrogens is 356 g/mol. The number of aryl methyl sites for hydroxylation is 2. The summed E-state index contributed by atoms with van der Waals surface area (Å²) in [5.74, 6) is -0.367. The van der Waals surface area contributed by atoms with E-state index in [0.717, 1.165) is 11.4 Å². The minimum Gasteiger partial charge on any atom is -0.330 e. The maximum Gasteiger partial charge on any atom is 0.279 e. The Morgan fingerprint density at radius 1 is 1.52 bits per heavy atom. The van der Waals surface area contributed by atoms with Gasteiger partial charge in [0.05, 0.1) is 22.1 Å². The summed E-state index contributed by atoms with van der Waals surface area (Å²) in [7, 11) is 1.83. The zero-order chi connectivity index (χ0) is 15.6. The highest BCUT2D eigenvalue weighted by atomic mass is 79.9. The minimum atomic E-state index is -0.367. The number of hydrogen-bond acceptors (Lipinski definition) is 4. The van der Waals surface area contributed by atoms with Crippen molar-refractivity contribution in [2.75, 3.05) is 5.32 Å². The first-order valence-electron chi connectivity index (χ1n) is 6.26. The first-order valence-corrected chi connectivity index (χ1v) is 7.46. The summed E-state index contributed by atoms with van der Waals surface area (Å²) in [5, 5.41) is 14.0. The molecule has 2 rings (SSSR count). The normalized spacial score (nSPS) is 10.5. The topological polar surface area (TPSA) is 76.8 Å². The SMILES string of the molecule is CCn1cc(Br)c(C(=O)NC(=S)Nc2cnn(C)c2C)n1. The standard InChI is InChI=1S/C12H15BrN6OS/c1-4-19-6-8(13)10(17-19)11(20)16-12(21)15-9-5-14-18(3)7(9)2/h5-6H,4H2,1-3H3,(H2,15,16,20,21). The number of amides is 1. The van der Waals surface area contributed by atoms with Crippen LogP contribution in [0.2, 0.25) is 0 Å². The van der Waals surface area contributed by atoms with E-state index < -0.39 is 0 Å². The lowest BCUT2D eigenvalue weighted by molar-refractivity contribution is 0.0971. The summed E-state index contributed by atoms with van der Waals surface area (Å²) < 4.78 is 4.01. The van der Waals surface area contributed by atoms with Gasteiger partial charge in [-0.05, 0) is 42.0 Å². The minimum absolute atomic E-state index is 0.203. The first-order chi connectivity index (χ1) is 9.92. The Balaban J connectivity index is 2.03. The van der Waals surface area contributed by atoms with Crippen molar-refractivity contribution in [3.05, 3.63) is 28.3 Å². The van der Waals surface area contributed by atoms with Gasteiger partial charge in [0.2, 0.25) is 0 Å². The number of aromatic nitrogens is 4. The Hall–Kier alpha value is -1.74. The molecule has 0 aliphatic rings. The van der Waals surface area contributed by atoms with Gasteiger partial charge in [0.25, 0.3) is 5.91 Å². The Bertz CT molecular complexity index is 692. The fraction of sp³-hybridized carbons (Fsp3) is 0.333. The van der Waals surface area contributed by atoms with Crippen LogP contribution in [0.15, 0.2) is 16.9 Å². The van der Waals surface area contributed by atoms with Gasteiger partial charge in [0.15, 0.2) is 10.8 Å². The number of hydrogen-bond donors (Lipinski definition) is 2. The largest absolute Gasteiger partial charge is 0.330 e. The number of anilines is 1. The molecule has 0 bridgehead atoms. The molecular formula is C12H15BrN6OS. The van der Waals surface area contributed by atoms with Crippen molar-refractivity contribution in [2.45, 2.75) is 20.4 Å². The van der Waals surface area contributed by atoms with Crippen LogP contribution in [0.4, 0.5) is 5.69 Å². The van der Waals surface area contributed by atoms with Gasteiger partial charge in [-0.1, -0.05) is 0 Å². The van der Waals surface area contributed by atoms with Crippen LogP contribution in [0.5, 0.6) is 0 Å². The van der Waals surface area contributed by atoms with Crippen molar-refractivity contribution in [1.82, 2.24) is 24.9 Å². The molecule has 2 aromatic rings. The molecule has 9 heteroatoms. The lowest BCUT2D eigenvalue weighted by Gasteiger charge is -2.08. The molecule has 0 aliphatic carbocycles. The number of nitrogens with zero attached hydrogens (tertiary/aromatic N) is 4. The van der Waals surface area contributed by atoms with Crippen LogP contribution in [-0.2, 0) is 13.6 Å². The molecule has 0 spiro atoms. The quantitative estimate of drug-likeness (QED) is 0.806. The Kier molecular flexibility index (Phi) is 4.73. The van der Waals surface area contributed by atoms with Crippen LogP contribution < -0.4 is 10.6 Å². The summed E-state index contributed by atoms with van der Waals surface area (Å²) in [6, 6.07) is 0. The molecule has 0 atom stereocenters. The second-order valence-corrected chi connectivity index (χ2v) is 5.62. The van der Waals surface area contributed by atoms with Crippen LogP contribution in [-0.4, -0.2) is 30.6 Å². The maximum absolute atomic E-state index is 12.1. The van der Waals surface area contributed by atoms with E-state index in [9.17, 15) is 4.79 Å². The number of thiocarbonyl (C=S) groups is 1.